The Kier molecular flexibility index (Phi) is 5.42. The van der Waals surface area contributed by atoms with Gasteiger partial charge in [0.15, 0.2) is 0 Å². The number of aliphatic hydroxyl groups excluding tert-OH is 1. The molecule has 5 heteroatoms. The summed E-state index contributed by atoms with van der Waals surface area (Å²) in [6.07, 6.45) is -0.495. The van der Waals surface area contributed by atoms with Gasteiger partial charge in [-0.05, 0) is 49.6 Å². The van der Waals surface area contributed by atoms with Crippen molar-refractivity contribution < 1.29 is 14.4 Å². The average Bonchev–Trinajstić information content (AvgIpc) is 2.99. The van der Waals surface area contributed by atoms with Crippen LogP contribution in [-0.2, 0) is 6.54 Å². The van der Waals surface area contributed by atoms with Crippen molar-refractivity contribution >= 4 is 5.91 Å². The van der Waals surface area contributed by atoms with E-state index in [1.54, 1.807) is 18.9 Å². The van der Waals surface area contributed by atoms with Gasteiger partial charge in [0.25, 0.3) is 5.91 Å². The van der Waals surface area contributed by atoms with E-state index in [-0.39, 0.29) is 5.91 Å². The molecule has 3 aromatic rings. The predicted octanol–water partition coefficient (Wildman–Crippen LogP) is 4.28. The molecular formula is C22H24N2O3. The van der Waals surface area contributed by atoms with Crippen molar-refractivity contribution in [3.63, 3.8) is 0 Å². The van der Waals surface area contributed by atoms with Gasteiger partial charge in [-0.15, -0.1) is 0 Å². The number of hydrogen-bond acceptors (Lipinski definition) is 4. The number of carbonyl (C=O) groups excluding carboxylic acids is 1. The van der Waals surface area contributed by atoms with Crippen LogP contribution < -0.4 is 0 Å². The minimum Gasteiger partial charge on any atom is -0.389 e. The highest BCUT2D eigenvalue weighted by atomic mass is 16.5. The van der Waals surface area contributed by atoms with Crippen molar-refractivity contribution in [1.29, 1.82) is 0 Å². The predicted molar refractivity (Wildman–Crippen MR) is 104 cm³/mol. The van der Waals surface area contributed by atoms with E-state index in [0.717, 1.165) is 33.7 Å². The number of nitrogens with zero attached hydrogens (tertiary/aromatic N) is 2. The van der Waals surface area contributed by atoms with E-state index in [0.29, 0.717) is 12.1 Å². The second-order valence-corrected chi connectivity index (χ2v) is 6.84. The Hall–Kier alpha value is -2.92. The van der Waals surface area contributed by atoms with Crippen molar-refractivity contribution in [3.05, 3.63) is 76.7 Å². The Morgan fingerprint density at radius 2 is 1.85 bits per heavy atom. The van der Waals surface area contributed by atoms with Crippen LogP contribution in [0.5, 0.6) is 0 Å². The molecule has 1 N–H and O–H groups in total. The molecule has 0 saturated carbocycles. The first-order chi connectivity index (χ1) is 12.9. The van der Waals surface area contributed by atoms with Crippen LogP contribution in [0.4, 0.5) is 0 Å². The molecule has 0 unspecified atom stereocenters. The summed E-state index contributed by atoms with van der Waals surface area (Å²) in [6.45, 7) is 5.92. The molecule has 0 aliphatic carbocycles. The Morgan fingerprint density at radius 3 is 2.44 bits per heavy atom. The van der Waals surface area contributed by atoms with Crippen LogP contribution in [0, 0.1) is 13.8 Å². The van der Waals surface area contributed by atoms with Gasteiger partial charge in [-0.3, -0.25) is 4.79 Å². The normalized spacial score (nSPS) is 12.0. The highest BCUT2D eigenvalue weighted by Gasteiger charge is 2.17. The molecule has 27 heavy (non-hydrogen) atoms. The third kappa shape index (κ3) is 4.09. The maximum absolute atomic E-state index is 12.9. The highest BCUT2D eigenvalue weighted by Crippen LogP contribution is 2.24. The van der Waals surface area contributed by atoms with Gasteiger partial charge < -0.3 is 14.5 Å². The average molecular weight is 364 g/mol. The van der Waals surface area contributed by atoms with Crippen LogP contribution in [0.15, 0.2) is 53.1 Å². The first kappa shape index (κ1) is 18.9. The fraction of sp³-hybridized carbons (Fsp3) is 0.273. The summed E-state index contributed by atoms with van der Waals surface area (Å²) < 4.78 is 5.18. The van der Waals surface area contributed by atoms with Crippen LogP contribution >= 0.6 is 0 Å². The van der Waals surface area contributed by atoms with Crippen LogP contribution in [0.2, 0.25) is 0 Å². The number of aryl methyl sites for hydroxylation is 2. The number of hydrogen-bond donors (Lipinski definition) is 1. The van der Waals surface area contributed by atoms with Gasteiger partial charge in [0.05, 0.1) is 18.3 Å². The maximum Gasteiger partial charge on any atom is 0.253 e. The Bertz CT molecular complexity index is 923. The minimum atomic E-state index is -0.495. The van der Waals surface area contributed by atoms with E-state index >= 15 is 0 Å². The van der Waals surface area contributed by atoms with E-state index in [1.807, 2.05) is 62.4 Å². The van der Waals surface area contributed by atoms with Crippen molar-refractivity contribution in [2.45, 2.75) is 33.4 Å². The summed E-state index contributed by atoms with van der Waals surface area (Å²) in [4.78, 5) is 14.5. The standard InChI is InChI=1S/C22H24N2O3/c1-14-21(16(3)27-23-14)13-24(4)22(26)20-7-5-6-19(12-20)18-10-8-17(9-11-18)15(2)25/h5-12,15,25H,13H2,1-4H3/t15-/m0/s1. The Balaban J connectivity index is 1.81. The smallest absolute Gasteiger partial charge is 0.253 e. The molecule has 3 rings (SSSR count). The summed E-state index contributed by atoms with van der Waals surface area (Å²) in [5, 5.41) is 13.6. The third-order valence-electron chi connectivity index (χ3n) is 4.76. The summed E-state index contributed by atoms with van der Waals surface area (Å²) in [5.41, 5.74) is 5.20. The van der Waals surface area contributed by atoms with Gasteiger partial charge in [-0.25, -0.2) is 0 Å². The van der Waals surface area contributed by atoms with Crippen LogP contribution in [0.25, 0.3) is 11.1 Å². The van der Waals surface area contributed by atoms with E-state index in [4.69, 9.17) is 4.52 Å². The molecule has 1 amide bonds. The van der Waals surface area contributed by atoms with Crippen LogP contribution in [0.1, 0.15) is 46.0 Å². The molecule has 1 atom stereocenters. The van der Waals surface area contributed by atoms with Gasteiger partial charge >= 0.3 is 0 Å². The molecule has 2 aromatic carbocycles. The molecule has 0 fully saturated rings. The molecule has 1 heterocycles. The van der Waals surface area contributed by atoms with Crippen LogP contribution in [-0.4, -0.2) is 28.1 Å². The molecule has 0 spiro atoms. The number of carbonyl (C=O) groups is 1. The van der Waals surface area contributed by atoms with Crippen molar-refractivity contribution in [3.8, 4) is 11.1 Å². The Labute approximate surface area is 159 Å². The molecular weight excluding hydrogens is 340 g/mol. The third-order valence-corrected chi connectivity index (χ3v) is 4.76. The first-order valence-corrected chi connectivity index (χ1v) is 8.92. The second-order valence-electron chi connectivity index (χ2n) is 6.84. The summed E-state index contributed by atoms with van der Waals surface area (Å²) in [5.74, 6) is 0.677. The highest BCUT2D eigenvalue weighted by molar-refractivity contribution is 5.95. The molecule has 0 aliphatic heterocycles. The number of aromatic nitrogens is 1. The number of rotatable bonds is 5. The van der Waals surface area contributed by atoms with E-state index in [9.17, 15) is 9.90 Å². The number of benzene rings is 2. The lowest BCUT2D eigenvalue weighted by atomic mass is 10.00. The van der Waals surface area contributed by atoms with Gasteiger partial charge in [0, 0.05) is 18.2 Å². The minimum absolute atomic E-state index is 0.0579. The fourth-order valence-electron chi connectivity index (χ4n) is 3.04. The fourth-order valence-corrected chi connectivity index (χ4v) is 3.04. The first-order valence-electron chi connectivity index (χ1n) is 8.92. The lowest BCUT2D eigenvalue weighted by Crippen LogP contribution is -2.26. The molecule has 140 valence electrons. The molecule has 0 bridgehead atoms. The van der Waals surface area contributed by atoms with E-state index < -0.39 is 6.10 Å². The summed E-state index contributed by atoms with van der Waals surface area (Å²) in [6, 6.07) is 15.3. The van der Waals surface area contributed by atoms with Crippen molar-refractivity contribution in [2.24, 2.45) is 0 Å². The van der Waals surface area contributed by atoms with E-state index in [1.165, 1.54) is 0 Å². The monoisotopic (exact) mass is 364 g/mol. The number of aliphatic hydroxyl groups is 1. The largest absolute Gasteiger partial charge is 0.389 e. The molecule has 5 nitrogen and oxygen atoms in total. The summed E-state index contributed by atoms with van der Waals surface area (Å²) >= 11 is 0. The van der Waals surface area contributed by atoms with Gasteiger partial charge in [0.2, 0.25) is 0 Å². The lowest BCUT2D eigenvalue weighted by molar-refractivity contribution is 0.0784. The van der Waals surface area contributed by atoms with E-state index in [2.05, 4.69) is 5.16 Å². The zero-order valence-corrected chi connectivity index (χ0v) is 16.1. The maximum atomic E-state index is 12.9. The SMILES string of the molecule is Cc1noc(C)c1CN(C)C(=O)c1cccc(-c2ccc([C@H](C)O)cc2)c1. The van der Waals surface area contributed by atoms with Crippen LogP contribution in [0.3, 0.4) is 0 Å². The second kappa shape index (κ2) is 7.76. The molecule has 0 radical (unpaired) electrons. The zero-order valence-electron chi connectivity index (χ0n) is 16.1. The van der Waals surface area contributed by atoms with Crippen molar-refractivity contribution in [2.75, 3.05) is 7.05 Å². The lowest BCUT2D eigenvalue weighted by Gasteiger charge is -2.17. The molecule has 0 aliphatic rings. The molecule has 1 aromatic heterocycles. The quantitative estimate of drug-likeness (QED) is 0.734. The zero-order chi connectivity index (χ0) is 19.6. The van der Waals surface area contributed by atoms with Gasteiger partial charge in [-0.1, -0.05) is 41.6 Å². The number of amides is 1. The topological polar surface area (TPSA) is 66.6 Å². The Morgan fingerprint density at radius 1 is 1.15 bits per heavy atom. The van der Waals surface area contributed by atoms with Gasteiger partial charge in [0.1, 0.15) is 5.76 Å². The summed E-state index contributed by atoms with van der Waals surface area (Å²) in [7, 11) is 1.78. The molecule has 0 saturated heterocycles. The van der Waals surface area contributed by atoms with Gasteiger partial charge in [-0.2, -0.15) is 0 Å². The van der Waals surface area contributed by atoms with Crippen molar-refractivity contribution in [1.82, 2.24) is 10.1 Å².